The van der Waals surface area contributed by atoms with Gasteiger partial charge in [-0.1, -0.05) is 29.8 Å². The van der Waals surface area contributed by atoms with Gasteiger partial charge in [-0.2, -0.15) is 0 Å². The van der Waals surface area contributed by atoms with Gasteiger partial charge in [0.2, 0.25) is 0 Å². The number of hydrogen-bond donors (Lipinski definition) is 1. The van der Waals surface area contributed by atoms with Gasteiger partial charge < -0.3 is 9.72 Å². The fourth-order valence-corrected chi connectivity index (χ4v) is 2.36. The first-order valence-corrected chi connectivity index (χ1v) is 6.40. The third-order valence-corrected chi connectivity index (χ3v) is 3.44. The maximum absolute atomic E-state index is 12.1. The Morgan fingerprint density at radius 1 is 1.15 bits per heavy atom. The van der Waals surface area contributed by atoms with E-state index in [9.17, 15) is 4.79 Å². The molecule has 3 rings (SSSR count). The quantitative estimate of drug-likeness (QED) is 0.787. The summed E-state index contributed by atoms with van der Waals surface area (Å²) in [5.41, 5.74) is 1.07. The molecule has 1 aromatic heterocycles. The maximum atomic E-state index is 12.1. The van der Waals surface area contributed by atoms with Crippen molar-refractivity contribution < 1.29 is 4.74 Å². The van der Waals surface area contributed by atoms with E-state index in [2.05, 4.69) is 9.97 Å². The highest BCUT2D eigenvalue weighted by Crippen LogP contribution is 2.33. The Bertz CT molecular complexity index is 843. The Morgan fingerprint density at radius 2 is 1.95 bits per heavy atom. The second kappa shape index (κ2) is 4.98. The predicted molar refractivity (Wildman–Crippen MR) is 79.4 cm³/mol. The number of rotatable bonds is 2. The van der Waals surface area contributed by atoms with Gasteiger partial charge >= 0.3 is 0 Å². The Hall–Kier alpha value is -2.33. The van der Waals surface area contributed by atoms with Gasteiger partial charge in [0, 0.05) is 5.56 Å². The van der Waals surface area contributed by atoms with Gasteiger partial charge in [-0.05, 0) is 24.3 Å². The summed E-state index contributed by atoms with van der Waals surface area (Å²) in [5.74, 6) is 0.970. The van der Waals surface area contributed by atoms with E-state index in [-0.39, 0.29) is 5.56 Å². The lowest BCUT2D eigenvalue weighted by Gasteiger charge is -2.08. The van der Waals surface area contributed by atoms with Gasteiger partial charge in [0.15, 0.2) is 0 Å². The molecule has 4 nitrogen and oxygen atoms in total. The zero-order chi connectivity index (χ0) is 14.1. The van der Waals surface area contributed by atoms with Crippen LogP contribution in [0.1, 0.15) is 0 Å². The third-order valence-electron chi connectivity index (χ3n) is 3.05. The lowest BCUT2D eigenvalue weighted by Crippen LogP contribution is -2.09. The fourth-order valence-electron chi connectivity index (χ4n) is 2.07. The van der Waals surface area contributed by atoms with E-state index in [1.165, 1.54) is 0 Å². The van der Waals surface area contributed by atoms with E-state index in [4.69, 9.17) is 16.3 Å². The number of aromatic amines is 1. The van der Waals surface area contributed by atoms with Crippen molar-refractivity contribution in [3.8, 4) is 17.1 Å². The van der Waals surface area contributed by atoms with E-state index < -0.39 is 0 Å². The number of aromatic nitrogens is 2. The molecule has 0 bridgehead atoms. The zero-order valence-corrected chi connectivity index (χ0v) is 11.4. The number of nitrogens with one attached hydrogen (secondary N) is 1. The molecule has 0 fully saturated rings. The Labute approximate surface area is 120 Å². The smallest absolute Gasteiger partial charge is 0.259 e. The lowest BCUT2D eigenvalue weighted by molar-refractivity contribution is 0.415. The second-order valence-corrected chi connectivity index (χ2v) is 4.63. The average molecular weight is 287 g/mol. The molecule has 0 aliphatic rings. The highest BCUT2D eigenvalue weighted by molar-refractivity contribution is 6.34. The van der Waals surface area contributed by atoms with E-state index >= 15 is 0 Å². The summed E-state index contributed by atoms with van der Waals surface area (Å²) < 4.78 is 5.17. The number of hydrogen-bond acceptors (Lipinski definition) is 3. The van der Waals surface area contributed by atoms with Crippen molar-refractivity contribution in [3.05, 3.63) is 57.8 Å². The van der Waals surface area contributed by atoms with Gasteiger partial charge in [-0.15, -0.1) is 0 Å². The molecule has 0 amide bonds. The van der Waals surface area contributed by atoms with Crippen molar-refractivity contribution in [1.29, 1.82) is 0 Å². The summed E-state index contributed by atoms with van der Waals surface area (Å²) in [6.45, 7) is 0. The van der Waals surface area contributed by atoms with E-state index in [0.717, 1.165) is 0 Å². The van der Waals surface area contributed by atoms with Crippen LogP contribution in [0.25, 0.3) is 22.3 Å². The van der Waals surface area contributed by atoms with E-state index in [0.29, 0.717) is 33.1 Å². The fraction of sp³-hybridized carbons (Fsp3) is 0.0667. The number of H-pyrrole nitrogens is 1. The molecule has 3 aromatic rings. The van der Waals surface area contributed by atoms with Crippen LogP contribution >= 0.6 is 11.6 Å². The number of halogens is 1. The molecule has 20 heavy (non-hydrogen) atoms. The monoisotopic (exact) mass is 286 g/mol. The van der Waals surface area contributed by atoms with Crippen LogP contribution in [0, 0.1) is 0 Å². The molecule has 0 unspecified atom stereocenters. The van der Waals surface area contributed by atoms with Crippen molar-refractivity contribution in [2.75, 3.05) is 7.11 Å². The van der Waals surface area contributed by atoms with Crippen LogP contribution in [0.4, 0.5) is 0 Å². The molecule has 0 saturated heterocycles. The van der Waals surface area contributed by atoms with Crippen LogP contribution in [0.2, 0.25) is 5.02 Å². The second-order valence-electron chi connectivity index (χ2n) is 4.25. The van der Waals surface area contributed by atoms with Crippen LogP contribution in [0.15, 0.2) is 47.3 Å². The predicted octanol–water partition coefficient (Wildman–Crippen LogP) is 3.25. The first-order chi connectivity index (χ1) is 9.70. The Balaban J connectivity index is 2.28. The number of fused-ring (bicyclic) bond motifs is 1. The van der Waals surface area contributed by atoms with Gasteiger partial charge in [0.25, 0.3) is 5.56 Å². The standard InChI is InChI=1S/C15H11ClN2O2/c1-20-12-8-4-6-10(13(12)16)14-17-11-7-3-2-5-9(11)15(19)18-14/h2-8H,1H3,(H,17,18,19). The minimum absolute atomic E-state index is 0.190. The molecular formula is C15H11ClN2O2. The van der Waals surface area contributed by atoms with Gasteiger partial charge in [-0.3, -0.25) is 4.79 Å². The summed E-state index contributed by atoms with van der Waals surface area (Å²) in [4.78, 5) is 19.3. The van der Waals surface area contributed by atoms with Crippen molar-refractivity contribution in [2.24, 2.45) is 0 Å². The number of methoxy groups -OCH3 is 1. The first-order valence-electron chi connectivity index (χ1n) is 6.02. The van der Waals surface area contributed by atoms with Crippen molar-refractivity contribution in [2.45, 2.75) is 0 Å². The summed E-state index contributed by atoms with van der Waals surface area (Å²) in [5, 5.41) is 0.976. The van der Waals surface area contributed by atoms with Crippen LogP contribution in [0.3, 0.4) is 0 Å². The maximum Gasteiger partial charge on any atom is 0.259 e. The number of benzene rings is 2. The van der Waals surface area contributed by atoms with Crippen molar-refractivity contribution in [3.63, 3.8) is 0 Å². The molecular weight excluding hydrogens is 276 g/mol. The van der Waals surface area contributed by atoms with Gasteiger partial charge in [0.05, 0.1) is 23.0 Å². The van der Waals surface area contributed by atoms with E-state index in [1.54, 1.807) is 43.5 Å². The highest BCUT2D eigenvalue weighted by Gasteiger charge is 2.12. The molecule has 2 aromatic carbocycles. The number of nitrogens with zero attached hydrogens (tertiary/aromatic N) is 1. The Morgan fingerprint density at radius 3 is 2.75 bits per heavy atom. The van der Waals surface area contributed by atoms with E-state index in [1.807, 2.05) is 6.07 Å². The minimum Gasteiger partial charge on any atom is -0.495 e. The zero-order valence-electron chi connectivity index (χ0n) is 10.7. The van der Waals surface area contributed by atoms with Crippen LogP contribution in [-0.4, -0.2) is 17.1 Å². The van der Waals surface area contributed by atoms with Gasteiger partial charge in [0.1, 0.15) is 11.6 Å². The minimum atomic E-state index is -0.190. The summed E-state index contributed by atoms with van der Waals surface area (Å²) >= 11 is 6.26. The molecule has 0 atom stereocenters. The molecule has 0 aliphatic heterocycles. The number of para-hydroxylation sites is 1. The Kier molecular flexibility index (Phi) is 3.16. The SMILES string of the molecule is COc1cccc(-c2nc3ccccc3c(=O)[nH]2)c1Cl. The first kappa shape index (κ1) is 12.7. The molecule has 0 aliphatic carbocycles. The molecule has 5 heteroatoms. The molecule has 100 valence electrons. The topological polar surface area (TPSA) is 55.0 Å². The summed E-state index contributed by atoms with van der Waals surface area (Å²) in [6.07, 6.45) is 0. The summed E-state index contributed by atoms with van der Waals surface area (Å²) in [6, 6.07) is 12.5. The van der Waals surface area contributed by atoms with Crippen LogP contribution < -0.4 is 10.3 Å². The lowest BCUT2D eigenvalue weighted by atomic mass is 10.2. The van der Waals surface area contributed by atoms with Crippen LogP contribution in [0.5, 0.6) is 5.75 Å². The van der Waals surface area contributed by atoms with Crippen molar-refractivity contribution >= 4 is 22.5 Å². The molecule has 1 heterocycles. The van der Waals surface area contributed by atoms with Crippen LogP contribution in [-0.2, 0) is 0 Å². The van der Waals surface area contributed by atoms with Crippen molar-refractivity contribution in [1.82, 2.24) is 9.97 Å². The molecule has 1 N–H and O–H groups in total. The normalized spacial score (nSPS) is 10.7. The molecule has 0 radical (unpaired) electrons. The molecule has 0 saturated carbocycles. The average Bonchev–Trinajstić information content (AvgIpc) is 2.47. The number of ether oxygens (including phenoxy) is 1. The van der Waals surface area contributed by atoms with Gasteiger partial charge in [-0.25, -0.2) is 4.98 Å². The third kappa shape index (κ3) is 2.04. The largest absolute Gasteiger partial charge is 0.495 e. The summed E-state index contributed by atoms with van der Waals surface area (Å²) in [7, 11) is 1.54. The highest BCUT2D eigenvalue weighted by atomic mass is 35.5. The molecule has 0 spiro atoms.